The van der Waals surface area contributed by atoms with E-state index in [2.05, 4.69) is 20.3 Å². The average molecular weight is 384 g/mol. The van der Waals surface area contributed by atoms with E-state index in [1.54, 1.807) is 33.8 Å². The van der Waals surface area contributed by atoms with Gasteiger partial charge in [0.2, 0.25) is 0 Å². The minimum absolute atomic E-state index is 0.315. The highest BCUT2D eigenvalue weighted by atomic mass is 79.9. The monoisotopic (exact) mass is 383 g/mol. The first-order valence-corrected chi connectivity index (χ1v) is 8.23. The summed E-state index contributed by atoms with van der Waals surface area (Å²) in [4.78, 5) is 0. The van der Waals surface area contributed by atoms with Crippen LogP contribution in [0.5, 0.6) is 0 Å². The zero-order chi connectivity index (χ0) is 16.4. The second-order valence-electron chi connectivity index (χ2n) is 5.48. The van der Waals surface area contributed by atoms with Crippen LogP contribution >= 0.6 is 15.9 Å². The fourth-order valence-corrected chi connectivity index (χ4v) is 2.68. The lowest BCUT2D eigenvalue weighted by Gasteiger charge is -2.16. The maximum absolute atomic E-state index is 12.8. The lowest BCUT2D eigenvalue weighted by Crippen LogP contribution is -2.21. The Morgan fingerprint density at radius 3 is 2.24 bits per heavy atom. The lowest BCUT2D eigenvalue weighted by molar-refractivity contribution is -0.137. The number of benzene rings is 1. The van der Waals surface area contributed by atoms with Gasteiger partial charge in [-0.3, -0.25) is 0 Å². The summed E-state index contributed by atoms with van der Waals surface area (Å²) >= 11 is 3.08. The molecule has 0 aliphatic heterocycles. The molecule has 7 heteroatoms. The summed E-state index contributed by atoms with van der Waals surface area (Å²) in [7, 11) is -1.51. The van der Waals surface area contributed by atoms with E-state index in [9.17, 15) is 17.4 Å². The summed E-state index contributed by atoms with van der Waals surface area (Å²) in [6.45, 7) is 7.07. The van der Waals surface area contributed by atoms with Gasteiger partial charge in [-0.1, -0.05) is 22.9 Å². The van der Waals surface area contributed by atoms with Crippen LogP contribution in [0.4, 0.5) is 13.2 Å². The largest absolute Gasteiger partial charge is 0.416 e. The third-order valence-electron chi connectivity index (χ3n) is 2.61. The van der Waals surface area contributed by atoms with Crippen molar-refractivity contribution in [1.82, 2.24) is 0 Å². The Kier molecular flexibility index (Phi) is 5.77. The molecule has 0 spiro atoms. The van der Waals surface area contributed by atoms with E-state index in [1.165, 1.54) is 0 Å². The number of nitrogens with zero attached hydrogens (tertiary/aromatic N) is 1. The summed E-state index contributed by atoms with van der Waals surface area (Å²) in [6, 6.07) is 3.60. The first-order valence-electron chi connectivity index (χ1n) is 6.33. The number of hydrogen-bond acceptors (Lipinski definition) is 1. The minimum Gasteiger partial charge on any atom is -0.234 e. The molecule has 0 aliphatic rings. The molecule has 0 aromatic heterocycles. The normalized spacial score (nSPS) is 15.1. The van der Waals surface area contributed by atoms with Crippen molar-refractivity contribution in [1.29, 1.82) is 0 Å². The van der Waals surface area contributed by atoms with Crippen LogP contribution in [0.15, 0.2) is 27.1 Å². The smallest absolute Gasteiger partial charge is 0.234 e. The average Bonchev–Trinajstić information content (AvgIpc) is 2.32. The number of rotatable bonds is 3. The molecule has 0 saturated carbocycles. The van der Waals surface area contributed by atoms with Crippen molar-refractivity contribution in [2.75, 3.05) is 0 Å². The van der Waals surface area contributed by atoms with Crippen LogP contribution in [0, 0.1) is 0 Å². The zero-order valence-electron chi connectivity index (χ0n) is 12.2. The molecule has 0 radical (unpaired) electrons. The predicted molar refractivity (Wildman–Crippen MR) is 83.9 cm³/mol. The van der Waals surface area contributed by atoms with Gasteiger partial charge in [-0.2, -0.15) is 17.6 Å². The van der Waals surface area contributed by atoms with Crippen molar-refractivity contribution in [2.24, 2.45) is 4.40 Å². The van der Waals surface area contributed by atoms with Crippen molar-refractivity contribution in [3.8, 4) is 0 Å². The van der Waals surface area contributed by atoms with Crippen LogP contribution in [-0.4, -0.2) is 14.7 Å². The molecule has 1 aromatic carbocycles. The van der Waals surface area contributed by atoms with Gasteiger partial charge < -0.3 is 0 Å². The molecular formula is C14H17BrF3NOS. The summed E-state index contributed by atoms with van der Waals surface area (Å²) in [5.74, 6) is 0. The third-order valence-corrected chi connectivity index (χ3v) is 4.50. The number of alkyl halides is 3. The Bertz CT molecular complexity index is 577. The quantitative estimate of drug-likeness (QED) is 0.665. The molecule has 1 unspecified atom stereocenters. The molecule has 118 valence electrons. The van der Waals surface area contributed by atoms with Gasteiger partial charge in [0.05, 0.1) is 16.0 Å². The van der Waals surface area contributed by atoms with Crippen molar-refractivity contribution in [2.45, 2.75) is 45.0 Å². The fraction of sp³-hybridized carbons (Fsp3) is 0.500. The molecule has 21 heavy (non-hydrogen) atoms. The first-order chi connectivity index (χ1) is 9.45. The summed E-state index contributed by atoms with van der Waals surface area (Å²) < 4.78 is 54.5. The molecule has 1 rings (SSSR count). The second kappa shape index (κ2) is 6.60. The molecule has 0 N–H and O–H groups in total. The van der Waals surface area contributed by atoms with Crippen molar-refractivity contribution < 1.29 is 17.4 Å². The highest BCUT2D eigenvalue weighted by molar-refractivity contribution is 9.10. The van der Waals surface area contributed by atoms with Gasteiger partial charge in [0.15, 0.2) is 0 Å². The topological polar surface area (TPSA) is 29.4 Å². The van der Waals surface area contributed by atoms with E-state index >= 15 is 0 Å². The molecule has 0 bridgehead atoms. The van der Waals surface area contributed by atoms with Gasteiger partial charge in [0, 0.05) is 4.47 Å². The predicted octanol–water partition coefficient (Wildman–Crippen LogP) is 5.13. The molecule has 0 amide bonds. The molecule has 1 atom stereocenters. The van der Waals surface area contributed by atoms with Crippen LogP contribution in [0.25, 0.3) is 0 Å². The van der Waals surface area contributed by atoms with Crippen molar-refractivity contribution in [3.05, 3.63) is 33.8 Å². The Morgan fingerprint density at radius 2 is 1.81 bits per heavy atom. The highest BCUT2D eigenvalue weighted by Crippen LogP contribution is 2.32. The van der Waals surface area contributed by atoms with Gasteiger partial charge >= 0.3 is 6.18 Å². The standard InChI is InChI=1S/C14H17BrF3NOS/c1-5-12(19-21(20)13(2,3)4)9-6-10(14(16,17)18)8-11(15)7-9/h6-8H,5H2,1-4H3. The second-order valence-corrected chi connectivity index (χ2v) is 8.30. The zero-order valence-corrected chi connectivity index (χ0v) is 14.6. The molecule has 0 aliphatic carbocycles. The van der Waals surface area contributed by atoms with Gasteiger partial charge in [-0.05, 0) is 51.0 Å². The first kappa shape index (κ1) is 18.4. The number of hydrogen-bond donors (Lipinski definition) is 0. The molecule has 1 aromatic rings. The van der Waals surface area contributed by atoms with Gasteiger partial charge in [0.1, 0.15) is 11.0 Å². The Balaban J connectivity index is 3.33. The maximum atomic E-state index is 12.8. The maximum Gasteiger partial charge on any atom is 0.416 e. The summed E-state index contributed by atoms with van der Waals surface area (Å²) in [5.41, 5.74) is -0.0265. The van der Waals surface area contributed by atoms with Gasteiger partial charge in [0.25, 0.3) is 0 Å². The molecule has 0 saturated heterocycles. The van der Waals surface area contributed by atoms with E-state index in [4.69, 9.17) is 0 Å². The van der Waals surface area contributed by atoms with Crippen LogP contribution in [0.3, 0.4) is 0 Å². The lowest BCUT2D eigenvalue weighted by atomic mass is 10.0. The van der Waals surface area contributed by atoms with E-state index < -0.39 is 27.5 Å². The minimum atomic E-state index is -4.43. The van der Waals surface area contributed by atoms with Crippen molar-refractivity contribution in [3.63, 3.8) is 0 Å². The van der Waals surface area contributed by atoms with Gasteiger partial charge in [-0.25, -0.2) is 4.21 Å². The SMILES string of the molecule is CCC(=NS(=O)C(C)(C)C)c1cc(Br)cc(C(F)(F)F)c1. The highest BCUT2D eigenvalue weighted by Gasteiger charge is 2.31. The van der Waals surface area contributed by atoms with Gasteiger partial charge in [-0.15, -0.1) is 0 Å². The summed E-state index contributed by atoms with van der Waals surface area (Å²) in [6.07, 6.45) is -4.03. The van der Waals surface area contributed by atoms with E-state index in [0.717, 1.165) is 12.1 Å². The van der Waals surface area contributed by atoms with E-state index in [-0.39, 0.29) is 0 Å². The molecule has 0 heterocycles. The van der Waals surface area contributed by atoms with E-state index in [1.807, 2.05) is 0 Å². The third kappa shape index (κ3) is 5.21. The molecule has 0 fully saturated rings. The summed E-state index contributed by atoms with van der Waals surface area (Å²) in [5, 5.41) is 0. The van der Waals surface area contributed by atoms with Crippen LogP contribution in [0.2, 0.25) is 0 Å². The fourth-order valence-electron chi connectivity index (χ4n) is 1.48. The van der Waals surface area contributed by atoms with Crippen LogP contribution in [0.1, 0.15) is 45.2 Å². The van der Waals surface area contributed by atoms with Crippen LogP contribution < -0.4 is 0 Å². The molecular weight excluding hydrogens is 367 g/mol. The molecule has 2 nitrogen and oxygen atoms in total. The van der Waals surface area contributed by atoms with Crippen molar-refractivity contribution >= 4 is 32.6 Å². The Labute approximate surface area is 133 Å². The van der Waals surface area contributed by atoms with E-state index in [0.29, 0.717) is 22.2 Å². The van der Waals surface area contributed by atoms with Crippen LogP contribution in [-0.2, 0) is 17.2 Å². The number of halogens is 4. The Hall–Kier alpha value is -0.690. The Morgan fingerprint density at radius 1 is 1.24 bits per heavy atom.